The molecular weight excluding hydrogens is 250 g/mol. The van der Waals surface area contributed by atoms with Gasteiger partial charge in [-0.25, -0.2) is 0 Å². The fourth-order valence-electron chi connectivity index (χ4n) is 2.46. The molecule has 1 heterocycles. The number of hydrogen-bond donors (Lipinski definition) is 1. The van der Waals surface area contributed by atoms with Crippen LogP contribution in [0.1, 0.15) is 37.0 Å². The standard InChI is InChI=1S/C14H18ClNO2/c1-9-4-3-7-16(10(9)2)14(18)12-8-11(15)5-6-13(12)17/h5-6,8-10,17H,3-4,7H2,1-2H3. The van der Waals surface area contributed by atoms with Crippen LogP contribution in [-0.4, -0.2) is 28.5 Å². The van der Waals surface area contributed by atoms with Crippen LogP contribution < -0.4 is 0 Å². The summed E-state index contributed by atoms with van der Waals surface area (Å²) < 4.78 is 0. The molecule has 1 N–H and O–H groups in total. The maximum Gasteiger partial charge on any atom is 0.257 e. The molecule has 1 aliphatic rings. The van der Waals surface area contributed by atoms with E-state index in [1.54, 1.807) is 6.07 Å². The van der Waals surface area contributed by atoms with Gasteiger partial charge in [-0.15, -0.1) is 0 Å². The van der Waals surface area contributed by atoms with Gasteiger partial charge >= 0.3 is 0 Å². The van der Waals surface area contributed by atoms with Gasteiger partial charge in [0.15, 0.2) is 0 Å². The topological polar surface area (TPSA) is 40.5 Å². The minimum absolute atomic E-state index is 0.00479. The van der Waals surface area contributed by atoms with Gasteiger partial charge in [0.05, 0.1) is 5.56 Å². The number of aromatic hydroxyl groups is 1. The number of hydrogen-bond acceptors (Lipinski definition) is 2. The van der Waals surface area contributed by atoms with E-state index in [9.17, 15) is 9.90 Å². The second kappa shape index (κ2) is 5.19. The summed E-state index contributed by atoms with van der Waals surface area (Å²) in [5.74, 6) is 0.355. The fourth-order valence-corrected chi connectivity index (χ4v) is 2.63. The number of carbonyl (C=O) groups excluding carboxylic acids is 1. The maximum atomic E-state index is 12.4. The Bertz CT molecular complexity index is 461. The highest BCUT2D eigenvalue weighted by Crippen LogP contribution is 2.28. The van der Waals surface area contributed by atoms with E-state index in [4.69, 9.17) is 11.6 Å². The first-order valence-electron chi connectivity index (χ1n) is 6.30. The van der Waals surface area contributed by atoms with Crippen molar-refractivity contribution in [3.8, 4) is 5.75 Å². The molecule has 1 fully saturated rings. The van der Waals surface area contributed by atoms with E-state index >= 15 is 0 Å². The molecule has 0 radical (unpaired) electrons. The molecule has 1 saturated heterocycles. The van der Waals surface area contributed by atoms with Crippen molar-refractivity contribution < 1.29 is 9.90 Å². The Hall–Kier alpha value is -1.22. The predicted molar refractivity (Wildman–Crippen MR) is 72.0 cm³/mol. The van der Waals surface area contributed by atoms with Crippen molar-refractivity contribution in [2.75, 3.05) is 6.54 Å². The van der Waals surface area contributed by atoms with Crippen molar-refractivity contribution in [2.45, 2.75) is 32.7 Å². The number of amides is 1. The van der Waals surface area contributed by atoms with Gasteiger partial charge in [-0.3, -0.25) is 4.79 Å². The van der Waals surface area contributed by atoms with Crippen LogP contribution in [0.2, 0.25) is 5.02 Å². The van der Waals surface area contributed by atoms with Crippen LogP contribution >= 0.6 is 11.6 Å². The number of likely N-dealkylation sites (tertiary alicyclic amines) is 1. The largest absolute Gasteiger partial charge is 0.507 e. The molecule has 0 aliphatic carbocycles. The first-order valence-corrected chi connectivity index (χ1v) is 6.68. The third kappa shape index (κ3) is 2.46. The Morgan fingerprint density at radius 1 is 1.44 bits per heavy atom. The number of benzene rings is 1. The number of piperidine rings is 1. The van der Waals surface area contributed by atoms with Gasteiger partial charge in [0.25, 0.3) is 5.91 Å². The molecule has 98 valence electrons. The quantitative estimate of drug-likeness (QED) is 0.848. The Morgan fingerprint density at radius 3 is 2.89 bits per heavy atom. The number of halogens is 1. The highest BCUT2D eigenvalue weighted by molar-refractivity contribution is 6.31. The molecule has 1 aromatic carbocycles. The molecular formula is C14H18ClNO2. The second-order valence-electron chi connectivity index (χ2n) is 5.02. The third-order valence-electron chi connectivity index (χ3n) is 3.82. The summed E-state index contributed by atoms with van der Waals surface area (Å²) in [5, 5.41) is 10.2. The van der Waals surface area contributed by atoms with E-state index in [1.807, 2.05) is 4.90 Å². The monoisotopic (exact) mass is 267 g/mol. The van der Waals surface area contributed by atoms with E-state index in [0.29, 0.717) is 16.5 Å². The van der Waals surface area contributed by atoms with Crippen molar-refractivity contribution in [3.05, 3.63) is 28.8 Å². The molecule has 0 spiro atoms. The minimum Gasteiger partial charge on any atom is -0.507 e. The van der Waals surface area contributed by atoms with E-state index in [0.717, 1.165) is 19.4 Å². The number of nitrogens with zero attached hydrogens (tertiary/aromatic N) is 1. The van der Waals surface area contributed by atoms with Crippen LogP contribution in [0.5, 0.6) is 5.75 Å². The first kappa shape index (κ1) is 13.2. The van der Waals surface area contributed by atoms with Crippen molar-refractivity contribution >= 4 is 17.5 Å². The molecule has 0 bridgehead atoms. The van der Waals surface area contributed by atoms with Crippen LogP contribution in [0.15, 0.2) is 18.2 Å². The summed E-state index contributed by atoms with van der Waals surface area (Å²) in [6.07, 6.45) is 2.16. The van der Waals surface area contributed by atoms with Crippen LogP contribution in [0.3, 0.4) is 0 Å². The molecule has 18 heavy (non-hydrogen) atoms. The van der Waals surface area contributed by atoms with Gasteiger partial charge in [0.1, 0.15) is 5.75 Å². The Kier molecular flexibility index (Phi) is 3.81. The zero-order valence-electron chi connectivity index (χ0n) is 10.7. The van der Waals surface area contributed by atoms with Crippen LogP contribution in [0, 0.1) is 5.92 Å². The summed E-state index contributed by atoms with van der Waals surface area (Å²) in [7, 11) is 0. The summed E-state index contributed by atoms with van der Waals surface area (Å²) in [6.45, 7) is 4.96. The van der Waals surface area contributed by atoms with E-state index in [-0.39, 0.29) is 17.7 Å². The van der Waals surface area contributed by atoms with Gasteiger partial charge in [-0.1, -0.05) is 18.5 Å². The molecule has 2 rings (SSSR count). The molecule has 4 heteroatoms. The SMILES string of the molecule is CC1CCCN(C(=O)c2cc(Cl)ccc2O)C1C. The number of phenolic OH excluding ortho intramolecular Hbond substituents is 1. The van der Waals surface area contributed by atoms with Crippen LogP contribution in [-0.2, 0) is 0 Å². The van der Waals surface area contributed by atoms with Gasteiger partial charge < -0.3 is 10.0 Å². The summed E-state index contributed by atoms with van der Waals surface area (Å²) in [6, 6.07) is 4.78. The normalized spacial score (nSPS) is 24.1. The second-order valence-corrected chi connectivity index (χ2v) is 5.46. The molecule has 2 atom stereocenters. The Balaban J connectivity index is 2.27. The Labute approximate surface area is 112 Å². The molecule has 0 aromatic heterocycles. The number of rotatable bonds is 1. The van der Waals surface area contributed by atoms with Gasteiger partial charge in [0.2, 0.25) is 0 Å². The summed E-state index contributed by atoms with van der Waals surface area (Å²) in [5.41, 5.74) is 0.295. The van der Waals surface area contributed by atoms with E-state index < -0.39 is 0 Å². The van der Waals surface area contributed by atoms with Crippen LogP contribution in [0.4, 0.5) is 0 Å². The van der Waals surface area contributed by atoms with Gasteiger partial charge in [-0.2, -0.15) is 0 Å². The van der Waals surface area contributed by atoms with Gasteiger partial charge in [0, 0.05) is 17.6 Å². The summed E-state index contributed by atoms with van der Waals surface area (Å²) >= 11 is 5.88. The lowest BCUT2D eigenvalue weighted by Gasteiger charge is -2.38. The minimum atomic E-state index is -0.131. The van der Waals surface area contributed by atoms with Crippen molar-refractivity contribution in [3.63, 3.8) is 0 Å². The number of phenols is 1. The first-order chi connectivity index (χ1) is 8.50. The fraction of sp³-hybridized carbons (Fsp3) is 0.500. The van der Waals surface area contributed by atoms with Crippen molar-refractivity contribution in [2.24, 2.45) is 5.92 Å². The molecule has 1 aromatic rings. The average molecular weight is 268 g/mol. The molecule has 0 saturated carbocycles. The van der Waals surface area contributed by atoms with Crippen LogP contribution in [0.25, 0.3) is 0 Å². The lowest BCUT2D eigenvalue weighted by Crippen LogP contribution is -2.46. The van der Waals surface area contributed by atoms with E-state index in [2.05, 4.69) is 13.8 Å². The highest BCUT2D eigenvalue weighted by Gasteiger charge is 2.30. The zero-order valence-corrected chi connectivity index (χ0v) is 11.4. The maximum absolute atomic E-state index is 12.4. The molecule has 1 aliphatic heterocycles. The van der Waals surface area contributed by atoms with Gasteiger partial charge in [-0.05, 0) is 43.9 Å². The Morgan fingerprint density at radius 2 is 2.17 bits per heavy atom. The molecule has 3 nitrogen and oxygen atoms in total. The summed E-state index contributed by atoms with van der Waals surface area (Å²) in [4.78, 5) is 14.3. The molecule has 2 unspecified atom stereocenters. The van der Waals surface area contributed by atoms with E-state index in [1.165, 1.54) is 12.1 Å². The number of carbonyl (C=O) groups is 1. The lowest BCUT2D eigenvalue weighted by molar-refractivity contribution is 0.0548. The average Bonchev–Trinajstić information content (AvgIpc) is 2.35. The van der Waals surface area contributed by atoms with Crippen molar-refractivity contribution in [1.29, 1.82) is 0 Å². The smallest absolute Gasteiger partial charge is 0.257 e. The predicted octanol–water partition coefficient (Wildman–Crippen LogP) is 3.31. The third-order valence-corrected chi connectivity index (χ3v) is 4.06. The van der Waals surface area contributed by atoms with Crippen molar-refractivity contribution in [1.82, 2.24) is 4.90 Å². The molecule has 1 amide bonds. The highest BCUT2D eigenvalue weighted by atomic mass is 35.5. The zero-order chi connectivity index (χ0) is 13.3. The lowest BCUT2D eigenvalue weighted by atomic mass is 9.91.